The van der Waals surface area contributed by atoms with E-state index in [4.69, 9.17) is 0 Å². The van der Waals surface area contributed by atoms with Gasteiger partial charge in [-0.3, -0.25) is 0 Å². The van der Waals surface area contributed by atoms with Crippen LogP contribution in [0.1, 0.15) is 30.8 Å². The predicted octanol–water partition coefficient (Wildman–Crippen LogP) is 4.45. The van der Waals surface area contributed by atoms with Crippen molar-refractivity contribution in [2.75, 3.05) is 13.1 Å². The molecule has 0 fully saturated rings. The number of hydrogen-bond donors (Lipinski definition) is 1. The summed E-state index contributed by atoms with van der Waals surface area (Å²) in [5.41, 5.74) is 2.37. The zero-order valence-corrected chi connectivity index (χ0v) is 15.2. The minimum absolute atomic E-state index is 0.707. The first-order valence-electron chi connectivity index (χ1n) is 7.36. The Labute approximate surface area is 139 Å². The molecule has 0 atom stereocenters. The molecule has 0 aliphatic rings. The van der Waals surface area contributed by atoms with E-state index in [1.54, 1.807) is 11.3 Å². The van der Waals surface area contributed by atoms with Crippen LogP contribution >= 0.6 is 27.3 Å². The lowest BCUT2D eigenvalue weighted by Gasteiger charge is -2.05. The molecule has 114 valence electrons. The molecule has 1 heterocycles. The second-order valence-electron chi connectivity index (χ2n) is 5.67. The zero-order valence-electron chi connectivity index (χ0n) is 12.8. The third-order valence-corrected chi connectivity index (χ3v) is 5.07. The summed E-state index contributed by atoms with van der Waals surface area (Å²) < 4.78 is 1.12. The highest BCUT2D eigenvalue weighted by Gasteiger charge is 2.08. The van der Waals surface area contributed by atoms with Gasteiger partial charge in [0.05, 0.1) is 0 Å². The number of hydrogen-bond acceptors (Lipinski definition) is 4. The SMILES string of the molecule is Cc1ccc(-c2nnc(CCCNCC(C)C)s2)cc1Br. The third kappa shape index (κ3) is 5.16. The van der Waals surface area contributed by atoms with Gasteiger partial charge in [-0.1, -0.05) is 53.2 Å². The highest BCUT2D eigenvalue weighted by Crippen LogP contribution is 2.28. The third-order valence-electron chi connectivity index (χ3n) is 3.18. The van der Waals surface area contributed by atoms with E-state index in [1.807, 2.05) is 0 Å². The lowest BCUT2D eigenvalue weighted by molar-refractivity contribution is 0.542. The smallest absolute Gasteiger partial charge is 0.147 e. The molecule has 0 aliphatic heterocycles. The first-order chi connectivity index (χ1) is 10.1. The van der Waals surface area contributed by atoms with Gasteiger partial charge in [-0.2, -0.15) is 0 Å². The van der Waals surface area contributed by atoms with Crippen molar-refractivity contribution in [3.8, 4) is 10.6 Å². The van der Waals surface area contributed by atoms with E-state index in [-0.39, 0.29) is 0 Å². The fraction of sp³-hybridized carbons (Fsp3) is 0.500. The predicted molar refractivity (Wildman–Crippen MR) is 93.8 cm³/mol. The minimum atomic E-state index is 0.707. The highest BCUT2D eigenvalue weighted by molar-refractivity contribution is 9.10. The van der Waals surface area contributed by atoms with Crippen LogP contribution < -0.4 is 5.32 Å². The normalized spacial score (nSPS) is 11.3. The average molecular weight is 368 g/mol. The van der Waals surface area contributed by atoms with Gasteiger partial charge in [-0.25, -0.2) is 0 Å². The molecule has 0 saturated carbocycles. The van der Waals surface area contributed by atoms with Gasteiger partial charge < -0.3 is 5.32 Å². The van der Waals surface area contributed by atoms with Gasteiger partial charge >= 0.3 is 0 Å². The molecule has 0 aliphatic carbocycles. The molecule has 0 spiro atoms. The second-order valence-corrected chi connectivity index (χ2v) is 7.58. The molecular weight excluding hydrogens is 346 g/mol. The van der Waals surface area contributed by atoms with Gasteiger partial charge in [-0.05, 0) is 44.0 Å². The maximum absolute atomic E-state index is 4.31. The molecule has 1 aromatic carbocycles. The Kier molecular flexibility index (Phi) is 6.33. The Morgan fingerprint density at radius 2 is 2.10 bits per heavy atom. The van der Waals surface area contributed by atoms with Crippen molar-refractivity contribution in [3.05, 3.63) is 33.2 Å². The summed E-state index contributed by atoms with van der Waals surface area (Å²) in [4.78, 5) is 0. The lowest BCUT2D eigenvalue weighted by atomic mass is 10.2. The number of aryl methyl sites for hydroxylation is 2. The van der Waals surface area contributed by atoms with Crippen molar-refractivity contribution >= 4 is 27.3 Å². The van der Waals surface area contributed by atoms with Crippen LogP contribution in [0.2, 0.25) is 0 Å². The number of benzene rings is 1. The van der Waals surface area contributed by atoms with Crippen LogP contribution in [-0.4, -0.2) is 23.3 Å². The molecule has 2 aromatic rings. The maximum atomic E-state index is 4.31. The van der Waals surface area contributed by atoms with Crippen molar-refractivity contribution in [2.45, 2.75) is 33.6 Å². The van der Waals surface area contributed by atoms with E-state index >= 15 is 0 Å². The molecule has 3 nitrogen and oxygen atoms in total. The van der Waals surface area contributed by atoms with Gasteiger partial charge in [0, 0.05) is 16.5 Å². The van der Waals surface area contributed by atoms with Crippen LogP contribution in [0.4, 0.5) is 0 Å². The van der Waals surface area contributed by atoms with Gasteiger partial charge in [0.25, 0.3) is 0 Å². The standard InChI is InChI=1S/C16H22BrN3S/c1-11(2)10-18-8-4-5-15-19-20-16(21-15)13-7-6-12(3)14(17)9-13/h6-7,9,11,18H,4-5,8,10H2,1-3H3. The molecule has 2 rings (SSSR count). The van der Waals surface area contributed by atoms with E-state index in [2.05, 4.69) is 70.4 Å². The van der Waals surface area contributed by atoms with Crippen LogP contribution in [0.15, 0.2) is 22.7 Å². The Morgan fingerprint density at radius 1 is 1.29 bits per heavy atom. The van der Waals surface area contributed by atoms with Crippen molar-refractivity contribution in [1.29, 1.82) is 0 Å². The van der Waals surface area contributed by atoms with Crippen molar-refractivity contribution in [1.82, 2.24) is 15.5 Å². The Morgan fingerprint density at radius 3 is 2.81 bits per heavy atom. The Bertz CT molecular complexity index is 581. The highest BCUT2D eigenvalue weighted by atomic mass is 79.9. The van der Waals surface area contributed by atoms with E-state index in [1.165, 1.54) is 5.56 Å². The molecule has 0 saturated heterocycles. The summed E-state index contributed by atoms with van der Waals surface area (Å²) in [7, 11) is 0. The van der Waals surface area contributed by atoms with Crippen LogP contribution in [0.5, 0.6) is 0 Å². The second kappa shape index (κ2) is 8.01. The van der Waals surface area contributed by atoms with Gasteiger partial charge in [0.1, 0.15) is 10.0 Å². The van der Waals surface area contributed by atoms with Crippen molar-refractivity contribution in [2.24, 2.45) is 5.92 Å². The van der Waals surface area contributed by atoms with E-state index < -0.39 is 0 Å². The molecular formula is C16H22BrN3S. The number of aromatic nitrogens is 2. The molecule has 0 unspecified atom stereocenters. The minimum Gasteiger partial charge on any atom is -0.316 e. The van der Waals surface area contributed by atoms with Crippen molar-refractivity contribution in [3.63, 3.8) is 0 Å². The summed E-state index contributed by atoms with van der Waals surface area (Å²) in [6.45, 7) is 8.67. The number of nitrogens with one attached hydrogen (secondary N) is 1. The molecule has 0 radical (unpaired) electrons. The molecule has 21 heavy (non-hydrogen) atoms. The summed E-state index contributed by atoms with van der Waals surface area (Å²) in [5.74, 6) is 0.707. The molecule has 1 aromatic heterocycles. The maximum Gasteiger partial charge on any atom is 0.147 e. The summed E-state index contributed by atoms with van der Waals surface area (Å²) in [5, 5.41) is 14.2. The van der Waals surface area contributed by atoms with Crippen LogP contribution in [0.25, 0.3) is 10.6 Å². The van der Waals surface area contributed by atoms with Gasteiger partial charge in [-0.15, -0.1) is 10.2 Å². The monoisotopic (exact) mass is 367 g/mol. The average Bonchev–Trinajstić information content (AvgIpc) is 2.90. The lowest BCUT2D eigenvalue weighted by Crippen LogP contribution is -2.21. The van der Waals surface area contributed by atoms with Crippen molar-refractivity contribution < 1.29 is 0 Å². The molecule has 0 amide bonds. The Balaban J connectivity index is 1.87. The number of nitrogens with zero attached hydrogens (tertiary/aromatic N) is 2. The number of halogens is 1. The van der Waals surface area contributed by atoms with Crippen LogP contribution in [0, 0.1) is 12.8 Å². The van der Waals surface area contributed by atoms with Gasteiger partial charge in [0.15, 0.2) is 0 Å². The quantitative estimate of drug-likeness (QED) is 0.734. The van der Waals surface area contributed by atoms with E-state index in [0.717, 1.165) is 46.0 Å². The van der Waals surface area contributed by atoms with Crippen LogP contribution in [0.3, 0.4) is 0 Å². The topological polar surface area (TPSA) is 37.8 Å². The fourth-order valence-corrected chi connectivity index (χ4v) is 3.21. The summed E-state index contributed by atoms with van der Waals surface area (Å²) in [6, 6.07) is 6.33. The zero-order chi connectivity index (χ0) is 15.2. The molecule has 1 N–H and O–H groups in total. The van der Waals surface area contributed by atoms with E-state index in [0.29, 0.717) is 5.92 Å². The first kappa shape index (κ1) is 16.6. The summed E-state index contributed by atoms with van der Waals surface area (Å²) >= 11 is 5.26. The van der Waals surface area contributed by atoms with Crippen LogP contribution in [-0.2, 0) is 6.42 Å². The summed E-state index contributed by atoms with van der Waals surface area (Å²) in [6.07, 6.45) is 2.11. The molecule has 5 heteroatoms. The van der Waals surface area contributed by atoms with E-state index in [9.17, 15) is 0 Å². The number of rotatable bonds is 7. The first-order valence-corrected chi connectivity index (χ1v) is 8.97. The Hall–Kier alpha value is -0.780. The van der Waals surface area contributed by atoms with Gasteiger partial charge in [0.2, 0.25) is 0 Å². The molecule has 0 bridgehead atoms. The fourth-order valence-electron chi connectivity index (χ4n) is 1.95. The largest absolute Gasteiger partial charge is 0.316 e.